The maximum atomic E-state index is 12.2. The SMILES string of the molecule is FC(F)(F)Oc1ccccc1CNCCc1ncon1. The summed E-state index contributed by atoms with van der Waals surface area (Å²) in [5.74, 6) is 0.337. The third-order valence-corrected chi connectivity index (χ3v) is 2.45. The van der Waals surface area contributed by atoms with Gasteiger partial charge in [-0.1, -0.05) is 23.4 Å². The van der Waals surface area contributed by atoms with Gasteiger partial charge in [0, 0.05) is 25.1 Å². The molecule has 0 aliphatic rings. The summed E-state index contributed by atoms with van der Waals surface area (Å²) in [5.41, 5.74) is 0.429. The molecule has 5 nitrogen and oxygen atoms in total. The number of ether oxygens (including phenoxy) is 1. The lowest BCUT2D eigenvalue weighted by molar-refractivity contribution is -0.274. The Labute approximate surface area is 112 Å². The van der Waals surface area contributed by atoms with E-state index in [1.807, 2.05) is 0 Å². The predicted molar refractivity (Wildman–Crippen MR) is 62.8 cm³/mol. The molecule has 0 spiro atoms. The average Bonchev–Trinajstić information content (AvgIpc) is 2.88. The standard InChI is InChI=1S/C12H12F3N3O2/c13-12(14,15)20-10-4-2-1-3-9(10)7-16-6-5-11-17-8-19-18-11/h1-4,8,16H,5-7H2. The molecule has 1 aromatic carbocycles. The maximum absolute atomic E-state index is 12.2. The van der Waals surface area contributed by atoms with Gasteiger partial charge in [-0.05, 0) is 6.07 Å². The lowest BCUT2D eigenvalue weighted by atomic mass is 10.2. The summed E-state index contributed by atoms with van der Waals surface area (Å²) in [5, 5.41) is 6.62. The minimum atomic E-state index is -4.69. The number of alkyl halides is 3. The van der Waals surface area contributed by atoms with Crippen LogP contribution in [0.3, 0.4) is 0 Å². The molecule has 108 valence electrons. The van der Waals surface area contributed by atoms with Crippen LogP contribution in [-0.2, 0) is 13.0 Å². The molecule has 20 heavy (non-hydrogen) atoms. The van der Waals surface area contributed by atoms with Crippen molar-refractivity contribution in [2.75, 3.05) is 6.54 Å². The largest absolute Gasteiger partial charge is 0.573 e. The van der Waals surface area contributed by atoms with E-state index >= 15 is 0 Å². The van der Waals surface area contributed by atoms with Crippen molar-refractivity contribution in [1.82, 2.24) is 15.5 Å². The van der Waals surface area contributed by atoms with E-state index < -0.39 is 6.36 Å². The normalized spacial score (nSPS) is 11.6. The van der Waals surface area contributed by atoms with Crippen LogP contribution in [0, 0.1) is 0 Å². The van der Waals surface area contributed by atoms with Crippen LogP contribution in [0.15, 0.2) is 35.2 Å². The highest BCUT2D eigenvalue weighted by atomic mass is 19.4. The van der Waals surface area contributed by atoms with E-state index in [1.54, 1.807) is 12.1 Å². The summed E-state index contributed by atoms with van der Waals surface area (Å²) < 4.78 is 45.2. The second-order valence-electron chi connectivity index (χ2n) is 3.93. The van der Waals surface area contributed by atoms with Crippen molar-refractivity contribution < 1.29 is 22.4 Å². The van der Waals surface area contributed by atoms with Gasteiger partial charge in [0.25, 0.3) is 0 Å². The molecule has 0 saturated heterocycles. The Balaban J connectivity index is 1.86. The minimum absolute atomic E-state index is 0.202. The summed E-state index contributed by atoms with van der Waals surface area (Å²) >= 11 is 0. The Morgan fingerprint density at radius 2 is 2.05 bits per heavy atom. The molecule has 0 amide bonds. The van der Waals surface area contributed by atoms with Gasteiger partial charge in [0.15, 0.2) is 5.82 Å². The molecule has 1 aromatic heterocycles. The number of nitrogens with zero attached hydrogens (tertiary/aromatic N) is 2. The fourth-order valence-electron chi connectivity index (χ4n) is 1.60. The van der Waals surface area contributed by atoms with Crippen molar-refractivity contribution in [2.24, 2.45) is 0 Å². The molecule has 8 heteroatoms. The van der Waals surface area contributed by atoms with Gasteiger partial charge < -0.3 is 14.6 Å². The molecule has 0 radical (unpaired) electrons. The van der Waals surface area contributed by atoms with Gasteiger partial charge in [0.2, 0.25) is 6.39 Å². The lowest BCUT2D eigenvalue weighted by Gasteiger charge is -2.13. The number of hydrogen-bond donors (Lipinski definition) is 1. The summed E-state index contributed by atoms with van der Waals surface area (Å²) in [6.07, 6.45) is -2.94. The first-order valence-corrected chi connectivity index (χ1v) is 5.84. The van der Waals surface area contributed by atoms with Crippen LogP contribution >= 0.6 is 0 Å². The number of benzene rings is 1. The first kappa shape index (κ1) is 14.3. The van der Waals surface area contributed by atoms with Gasteiger partial charge in [-0.3, -0.25) is 0 Å². The molecule has 0 saturated carbocycles. The number of para-hydroxylation sites is 1. The molecule has 2 aromatic rings. The van der Waals surface area contributed by atoms with Gasteiger partial charge in [-0.15, -0.1) is 13.2 Å². The van der Waals surface area contributed by atoms with E-state index in [4.69, 9.17) is 0 Å². The van der Waals surface area contributed by atoms with Crippen molar-refractivity contribution >= 4 is 0 Å². The van der Waals surface area contributed by atoms with Crippen molar-refractivity contribution in [2.45, 2.75) is 19.3 Å². The molecular weight excluding hydrogens is 275 g/mol. The quantitative estimate of drug-likeness (QED) is 0.826. The Morgan fingerprint density at radius 3 is 2.75 bits per heavy atom. The maximum Gasteiger partial charge on any atom is 0.573 e. The molecular formula is C12H12F3N3O2. The lowest BCUT2D eigenvalue weighted by Crippen LogP contribution is -2.21. The molecule has 1 N–H and O–H groups in total. The van der Waals surface area contributed by atoms with Crippen molar-refractivity contribution in [3.05, 3.63) is 42.0 Å². The summed E-state index contributed by atoms with van der Waals surface area (Å²) in [4.78, 5) is 3.84. The van der Waals surface area contributed by atoms with Gasteiger partial charge in [0.05, 0.1) is 0 Å². The highest BCUT2D eigenvalue weighted by molar-refractivity contribution is 5.33. The molecule has 0 aliphatic heterocycles. The van der Waals surface area contributed by atoms with Gasteiger partial charge >= 0.3 is 6.36 Å². The smallest absolute Gasteiger partial charge is 0.405 e. The molecule has 0 aliphatic carbocycles. The summed E-state index contributed by atoms with van der Waals surface area (Å²) in [6.45, 7) is 0.768. The molecule has 1 heterocycles. The van der Waals surface area contributed by atoms with Crippen molar-refractivity contribution in [3.63, 3.8) is 0 Å². The zero-order valence-corrected chi connectivity index (χ0v) is 10.4. The number of halogens is 3. The number of rotatable bonds is 6. The van der Waals surface area contributed by atoms with E-state index in [1.165, 1.54) is 18.5 Å². The Morgan fingerprint density at radius 1 is 1.25 bits per heavy atom. The fraction of sp³-hybridized carbons (Fsp3) is 0.333. The van der Waals surface area contributed by atoms with Gasteiger partial charge in [-0.25, -0.2) is 0 Å². The van der Waals surface area contributed by atoms with Crippen molar-refractivity contribution in [1.29, 1.82) is 0 Å². The van der Waals surface area contributed by atoms with Crippen LogP contribution in [0.4, 0.5) is 13.2 Å². The Kier molecular flexibility index (Phi) is 4.57. The number of hydrogen-bond acceptors (Lipinski definition) is 5. The van der Waals surface area contributed by atoms with Gasteiger partial charge in [-0.2, -0.15) is 4.98 Å². The summed E-state index contributed by atoms with van der Waals surface area (Å²) in [7, 11) is 0. The monoisotopic (exact) mass is 287 g/mol. The molecule has 0 unspecified atom stereocenters. The zero-order valence-electron chi connectivity index (χ0n) is 10.4. The topological polar surface area (TPSA) is 60.2 Å². The predicted octanol–water partition coefficient (Wildman–Crippen LogP) is 2.30. The highest BCUT2D eigenvalue weighted by Crippen LogP contribution is 2.25. The van der Waals surface area contributed by atoms with Crippen LogP contribution in [-0.4, -0.2) is 23.0 Å². The first-order valence-electron chi connectivity index (χ1n) is 5.84. The van der Waals surface area contributed by atoms with Crippen LogP contribution in [0.1, 0.15) is 11.4 Å². The van der Waals surface area contributed by atoms with Gasteiger partial charge in [0.1, 0.15) is 5.75 Å². The van der Waals surface area contributed by atoms with Crippen molar-refractivity contribution in [3.8, 4) is 5.75 Å². The zero-order chi connectivity index (χ0) is 14.4. The van der Waals surface area contributed by atoms with E-state index in [0.29, 0.717) is 24.4 Å². The van der Waals surface area contributed by atoms with Crippen LogP contribution in [0.2, 0.25) is 0 Å². The van der Waals surface area contributed by atoms with Crippen LogP contribution in [0.25, 0.3) is 0 Å². The highest BCUT2D eigenvalue weighted by Gasteiger charge is 2.31. The molecule has 2 rings (SSSR count). The number of aromatic nitrogens is 2. The second kappa shape index (κ2) is 6.38. The van der Waals surface area contributed by atoms with E-state index in [0.717, 1.165) is 0 Å². The van der Waals surface area contributed by atoms with E-state index in [2.05, 4.69) is 24.7 Å². The average molecular weight is 287 g/mol. The van der Waals surface area contributed by atoms with Crippen LogP contribution in [0.5, 0.6) is 5.75 Å². The van der Waals surface area contributed by atoms with E-state index in [-0.39, 0.29) is 12.3 Å². The van der Waals surface area contributed by atoms with E-state index in [9.17, 15) is 13.2 Å². The molecule has 0 atom stereocenters. The fourth-order valence-corrected chi connectivity index (χ4v) is 1.60. The summed E-state index contributed by atoms with van der Waals surface area (Å²) in [6, 6.07) is 6.00. The second-order valence-corrected chi connectivity index (χ2v) is 3.93. The molecule has 0 fully saturated rings. The Bertz CT molecular complexity index is 529. The minimum Gasteiger partial charge on any atom is -0.405 e. The van der Waals surface area contributed by atoms with Crippen LogP contribution < -0.4 is 10.1 Å². The number of nitrogens with one attached hydrogen (secondary N) is 1. The third kappa shape index (κ3) is 4.54. The first-order chi connectivity index (χ1) is 9.54. The third-order valence-electron chi connectivity index (χ3n) is 2.45. The molecule has 0 bridgehead atoms. The Hall–Kier alpha value is -2.09.